The van der Waals surface area contributed by atoms with Crippen LogP contribution in [0.3, 0.4) is 0 Å². The highest BCUT2D eigenvalue weighted by molar-refractivity contribution is 5.80. The van der Waals surface area contributed by atoms with Crippen LogP contribution in [0.2, 0.25) is 0 Å². The first-order valence-corrected chi connectivity index (χ1v) is 6.94. The summed E-state index contributed by atoms with van der Waals surface area (Å²) in [5.41, 5.74) is 1.11. The van der Waals surface area contributed by atoms with Gasteiger partial charge in [0.05, 0.1) is 0 Å². The van der Waals surface area contributed by atoms with E-state index < -0.39 is 0 Å². The molecule has 0 aromatic heterocycles. The second-order valence-corrected chi connectivity index (χ2v) is 7.20. The van der Waals surface area contributed by atoms with Crippen LogP contribution in [0.4, 0.5) is 0 Å². The highest BCUT2D eigenvalue weighted by atomic mass is 16.1. The van der Waals surface area contributed by atoms with Gasteiger partial charge in [0.15, 0.2) is 0 Å². The quantitative estimate of drug-likeness (QED) is 0.706. The molecule has 1 nitrogen and oxygen atoms in total. The molecule has 4 saturated carbocycles. The summed E-state index contributed by atoms with van der Waals surface area (Å²) in [4.78, 5) is 11.8. The van der Waals surface area contributed by atoms with E-state index in [-0.39, 0.29) is 5.92 Å². The fraction of sp³-hybridized carbons (Fsp3) is 0.933. The highest BCUT2D eigenvalue weighted by Crippen LogP contribution is 2.87. The minimum Gasteiger partial charge on any atom is -0.299 e. The normalized spacial score (nSPS) is 52.4. The number of carbonyl (C=O) groups excluding carboxylic acids is 1. The van der Waals surface area contributed by atoms with E-state index in [9.17, 15) is 4.79 Å². The largest absolute Gasteiger partial charge is 0.299 e. The number of Topliss-reactive ketones (excluding diaryl/α,β-unsaturated/α-hetero) is 1. The summed E-state index contributed by atoms with van der Waals surface area (Å²) in [5, 5.41) is 0. The standard InChI is InChI=1S/C15H24O/c1-9(2)13(16)5-6-14(3)10-7-11-12(8-10)15(11,14)4/h9-12H,5-8H2,1-4H3. The van der Waals surface area contributed by atoms with Gasteiger partial charge in [-0.25, -0.2) is 0 Å². The summed E-state index contributed by atoms with van der Waals surface area (Å²) in [5.74, 6) is 3.68. The zero-order valence-corrected chi connectivity index (χ0v) is 11.0. The maximum absolute atomic E-state index is 11.8. The number of ketones is 1. The predicted molar refractivity (Wildman–Crippen MR) is 65.0 cm³/mol. The van der Waals surface area contributed by atoms with Crippen molar-refractivity contribution >= 4 is 5.78 Å². The number of hydrogen-bond acceptors (Lipinski definition) is 1. The Morgan fingerprint density at radius 1 is 1.25 bits per heavy atom. The third-order valence-corrected chi connectivity index (χ3v) is 6.66. The summed E-state index contributed by atoms with van der Waals surface area (Å²) < 4.78 is 0. The molecule has 0 amide bonds. The smallest absolute Gasteiger partial charge is 0.135 e. The Kier molecular flexibility index (Phi) is 1.97. The van der Waals surface area contributed by atoms with Crippen LogP contribution in [0.1, 0.15) is 53.4 Å². The molecule has 0 radical (unpaired) electrons. The van der Waals surface area contributed by atoms with Gasteiger partial charge in [-0.1, -0.05) is 27.7 Å². The molecule has 3 atom stereocenters. The molecule has 1 heteroatoms. The topological polar surface area (TPSA) is 17.1 Å². The number of rotatable bonds is 4. The maximum atomic E-state index is 11.8. The van der Waals surface area contributed by atoms with Crippen molar-refractivity contribution in [1.29, 1.82) is 0 Å². The van der Waals surface area contributed by atoms with Gasteiger partial charge in [-0.3, -0.25) is 4.79 Å². The lowest BCUT2D eigenvalue weighted by Gasteiger charge is -2.34. The lowest BCUT2D eigenvalue weighted by atomic mass is 9.70. The van der Waals surface area contributed by atoms with Gasteiger partial charge in [0.25, 0.3) is 0 Å². The average Bonchev–Trinajstić information content (AvgIpc) is 2.58. The molecule has 0 heterocycles. The van der Waals surface area contributed by atoms with Gasteiger partial charge in [-0.05, 0) is 47.8 Å². The van der Waals surface area contributed by atoms with Crippen LogP contribution < -0.4 is 0 Å². The molecule has 4 fully saturated rings. The van der Waals surface area contributed by atoms with Gasteiger partial charge >= 0.3 is 0 Å². The maximum Gasteiger partial charge on any atom is 0.135 e. The summed E-state index contributed by atoms with van der Waals surface area (Å²) in [7, 11) is 0. The van der Waals surface area contributed by atoms with E-state index in [2.05, 4.69) is 13.8 Å². The molecule has 0 N–H and O–H groups in total. The minimum atomic E-state index is 0.225. The molecule has 0 saturated heterocycles. The van der Waals surface area contributed by atoms with Crippen LogP contribution in [0, 0.1) is 34.5 Å². The van der Waals surface area contributed by atoms with Crippen LogP contribution in [0.15, 0.2) is 0 Å². The minimum absolute atomic E-state index is 0.225. The van der Waals surface area contributed by atoms with Gasteiger partial charge < -0.3 is 0 Å². The van der Waals surface area contributed by atoms with E-state index in [4.69, 9.17) is 0 Å². The Morgan fingerprint density at radius 3 is 2.19 bits per heavy atom. The van der Waals surface area contributed by atoms with E-state index in [0.717, 1.165) is 30.6 Å². The Hall–Kier alpha value is -0.330. The van der Waals surface area contributed by atoms with E-state index >= 15 is 0 Å². The van der Waals surface area contributed by atoms with Crippen LogP contribution in [0.25, 0.3) is 0 Å². The van der Waals surface area contributed by atoms with Crippen molar-refractivity contribution in [2.24, 2.45) is 34.5 Å². The third kappa shape index (κ3) is 1.01. The Morgan fingerprint density at radius 2 is 1.81 bits per heavy atom. The predicted octanol–water partition coefficient (Wildman–Crippen LogP) is 3.67. The Labute approximate surface area is 99.0 Å². The van der Waals surface area contributed by atoms with Gasteiger partial charge in [-0.15, -0.1) is 0 Å². The first-order valence-electron chi connectivity index (χ1n) is 6.94. The second-order valence-electron chi connectivity index (χ2n) is 7.20. The monoisotopic (exact) mass is 220 g/mol. The van der Waals surface area contributed by atoms with Gasteiger partial charge in [0.2, 0.25) is 0 Å². The molecule has 0 aromatic rings. The second kappa shape index (κ2) is 2.91. The summed E-state index contributed by atoms with van der Waals surface area (Å²) >= 11 is 0. The van der Waals surface area contributed by atoms with Crippen LogP contribution >= 0.6 is 0 Å². The molecule has 4 bridgehead atoms. The lowest BCUT2D eigenvalue weighted by Crippen LogP contribution is -2.28. The zero-order chi connectivity index (χ0) is 11.7. The molecule has 16 heavy (non-hydrogen) atoms. The molecule has 0 aliphatic heterocycles. The van der Waals surface area contributed by atoms with Gasteiger partial charge in [-0.2, -0.15) is 0 Å². The molecule has 3 unspecified atom stereocenters. The van der Waals surface area contributed by atoms with E-state index in [1.807, 2.05) is 13.8 Å². The number of hydrogen-bond donors (Lipinski definition) is 0. The summed E-state index contributed by atoms with van der Waals surface area (Å²) in [6, 6.07) is 0. The van der Waals surface area contributed by atoms with Crippen molar-refractivity contribution in [1.82, 2.24) is 0 Å². The first kappa shape index (κ1) is 10.8. The third-order valence-electron chi connectivity index (χ3n) is 6.66. The van der Waals surface area contributed by atoms with Gasteiger partial charge in [0.1, 0.15) is 5.78 Å². The summed E-state index contributed by atoms with van der Waals surface area (Å²) in [6.07, 6.45) is 4.90. The number of carbonyl (C=O) groups is 1. The molecule has 0 spiro atoms. The van der Waals surface area contributed by atoms with Crippen molar-refractivity contribution in [2.75, 3.05) is 0 Å². The average molecular weight is 220 g/mol. The van der Waals surface area contributed by atoms with Crippen molar-refractivity contribution in [3.8, 4) is 0 Å². The van der Waals surface area contributed by atoms with Crippen molar-refractivity contribution in [3.63, 3.8) is 0 Å². The van der Waals surface area contributed by atoms with Crippen LogP contribution in [-0.4, -0.2) is 5.78 Å². The van der Waals surface area contributed by atoms with Crippen molar-refractivity contribution < 1.29 is 4.79 Å². The molecule has 0 aromatic carbocycles. The van der Waals surface area contributed by atoms with Crippen molar-refractivity contribution in [2.45, 2.75) is 53.4 Å². The fourth-order valence-electron chi connectivity index (χ4n) is 5.18. The molecule has 4 rings (SSSR count). The van der Waals surface area contributed by atoms with Crippen LogP contribution in [0.5, 0.6) is 0 Å². The van der Waals surface area contributed by atoms with E-state index in [0.29, 0.717) is 16.6 Å². The Bertz CT molecular complexity index is 331. The summed E-state index contributed by atoms with van der Waals surface area (Å²) in [6.45, 7) is 9.02. The molecule has 4 aliphatic rings. The zero-order valence-electron chi connectivity index (χ0n) is 11.0. The fourth-order valence-corrected chi connectivity index (χ4v) is 5.18. The van der Waals surface area contributed by atoms with E-state index in [1.165, 1.54) is 12.8 Å². The molecule has 4 aliphatic carbocycles. The Balaban J connectivity index is 1.70. The highest BCUT2D eigenvalue weighted by Gasteiger charge is 2.80. The lowest BCUT2D eigenvalue weighted by molar-refractivity contribution is -0.122. The molecular formula is C15H24O. The SMILES string of the molecule is CC(C)C(=O)CCC1(C)C2CC3C(C2)C31C. The first-order chi connectivity index (χ1) is 7.41. The van der Waals surface area contributed by atoms with Gasteiger partial charge in [0, 0.05) is 12.3 Å². The molecule has 90 valence electrons. The van der Waals surface area contributed by atoms with E-state index in [1.54, 1.807) is 0 Å². The molecular weight excluding hydrogens is 196 g/mol. The van der Waals surface area contributed by atoms with Crippen molar-refractivity contribution in [3.05, 3.63) is 0 Å². The van der Waals surface area contributed by atoms with Crippen LogP contribution in [-0.2, 0) is 4.79 Å².